The van der Waals surface area contributed by atoms with Crippen LogP contribution in [-0.2, 0) is 4.79 Å². The highest BCUT2D eigenvalue weighted by Crippen LogP contribution is 2.20. The van der Waals surface area contributed by atoms with Gasteiger partial charge in [0.25, 0.3) is 0 Å². The van der Waals surface area contributed by atoms with Gasteiger partial charge in [-0.3, -0.25) is 4.79 Å². The largest absolute Gasteiger partial charge is 0.488 e. The average molecular weight is 275 g/mol. The van der Waals surface area contributed by atoms with Crippen molar-refractivity contribution in [3.8, 4) is 5.75 Å². The molecule has 1 amide bonds. The Bertz CT molecular complexity index is 473. The number of amides is 1. The van der Waals surface area contributed by atoms with Gasteiger partial charge in [0.05, 0.1) is 0 Å². The third-order valence-corrected chi connectivity index (χ3v) is 2.28. The minimum absolute atomic E-state index is 0.00173. The molecule has 3 heteroatoms. The van der Waals surface area contributed by atoms with Crippen molar-refractivity contribution >= 4 is 11.6 Å². The topological polar surface area (TPSA) is 38.3 Å². The Morgan fingerprint density at radius 3 is 2.05 bits per heavy atom. The number of ether oxygens (including phenoxy) is 1. The second kappa shape index (κ2) is 6.12. The lowest BCUT2D eigenvalue weighted by atomic mass is 9.96. The molecule has 0 saturated carbocycles. The van der Waals surface area contributed by atoms with Gasteiger partial charge in [0.1, 0.15) is 11.4 Å². The van der Waals surface area contributed by atoms with Gasteiger partial charge in [0.15, 0.2) is 0 Å². The Morgan fingerprint density at radius 2 is 1.60 bits per heavy atom. The summed E-state index contributed by atoms with van der Waals surface area (Å²) in [4.78, 5) is 11.7. The SMILES string of the molecule is CC(C)(C)/C=C/C(=O)Nc1ccc(OC(C)(C)C)cc1. The third kappa shape index (κ3) is 6.98. The van der Waals surface area contributed by atoms with Crippen LogP contribution in [0.2, 0.25) is 0 Å². The van der Waals surface area contributed by atoms with Crippen LogP contribution in [0.1, 0.15) is 41.5 Å². The summed E-state index contributed by atoms with van der Waals surface area (Å²) in [6.45, 7) is 12.2. The van der Waals surface area contributed by atoms with Crippen LogP contribution in [0.15, 0.2) is 36.4 Å². The summed E-state index contributed by atoms with van der Waals surface area (Å²) in [5, 5.41) is 2.82. The lowest BCUT2D eigenvalue weighted by Crippen LogP contribution is -2.22. The summed E-state index contributed by atoms with van der Waals surface area (Å²) >= 11 is 0. The lowest BCUT2D eigenvalue weighted by molar-refractivity contribution is -0.112. The Balaban J connectivity index is 2.62. The van der Waals surface area contributed by atoms with Gasteiger partial charge in [-0.25, -0.2) is 0 Å². The number of anilines is 1. The zero-order chi connectivity index (χ0) is 15.4. The van der Waals surface area contributed by atoms with Gasteiger partial charge < -0.3 is 10.1 Å². The van der Waals surface area contributed by atoms with Crippen LogP contribution in [0.4, 0.5) is 5.69 Å². The first-order chi connectivity index (χ1) is 9.05. The van der Waals surface area contributed by atoms with E-state index < -0.39 is 0 Å². The fourth-order valence-electron chi connectivity index (χ4n) is 1.47. The quantitative estimate of drug-likeness (QED) is 0.830. The molecule has 0 aromatic heterocycles. The Labute approximate surface area is 122 Å². The monoisotopic (exact) mass is 275 g/mol. The van der Waals surface area contributed by atoms with E-state index in [4.69, 9.17) is 4.74 Å². The molecule has 0 fully saturated rings. The van der Waals surface area contributed by atoms with Crippen molar-refractivity contribution in [2.75, 3.05) is 5.32 Å². The summed E-state index contributed by atoms with van der Waals surface area (Å²) in [6, 6.07) is 7.39. The van der Waals surface area contributed by atoms with Crippen LogP contribution in [0, 0.1) is 5.41 Å². The van der Waals surface area contributed by atoms with E-state index in [0.717, 1.165) is 11.4 Å². The van der Waals surface area contributed by atoms with Crippen molar-refractivity contribution in [3.05, 3.63) is 36.4 Å². The molecule has 3 nitrogen and oxygen atoms in total. The molecule has 0 atom stereocenters. The average Bonchev–Trinajstić information content (AvgIpc) is 2.26. The molecule has 1 aromatic rings. The predicted octanol–water partition coefficient (Wildman–Crippen LogP) is 4.40. The van der Waals surface area contributed by atoms with E-state index in [0.29, 0.717) is 0 Å². The first-order valence-electron chi connectivity index (χ1n) is 6.84. The molecular formula is C17H25NO2. The molecule has 0 radical (unpaired) electrons. The zero-order valence-electron chi connectivity index (χ0n) is 13.3. The van der Waals surface area contributed by atoms with Crippen molar-refractivity contribution in [1.82, 2.24) is 0 Å². The Hall–Kier alpha value is -1.77. The molecule has 0 saturated heterocycles. The fraction of sp³-hybridized carbons (Fsp3) is 0.471. The Kier molecular flexibility index (Phi) is 4.98. The van der Waals surface area contributed by atoms with E-state index in [2.05, 4.69) is 26.1 Å². The fourth-order valence-corrected chi connectivity index (χ4v) is 1.47. The molecule has 0 aliphatic carbocycles. The van der Waals surface area contributed by atoms with Crippen LogP contribution < -0.4 is 10.1 Å². The maximum atomic E-state index is 11.7. The van der Waals surface area contributed by atoms with Crippen molar-refractivity contribution in [2.24, 2.45) is 5.41 Å². The molecule has 1 rings (SSSR count). The standard InChI is InChI=1S/C17H25NO2/c1-16(2,3)12-11-15(19)18-13-7-9-14(10-8-13)20-17(4,5)6/h7-12H,1-6H3,(H,18,19)/b12-11+. The van der Waals surface area contributed by atoms with Crippen LogP contribution >= 0.6 is 0 Å². The number of carbonyl (C=O) groups excluding carboxylic acids is 1. The highest BCUT2D eigenvalue weighted by Gasteiger charge is 2.11. The van der Waals surface area contributed by atoms with Crippen LogP contribution in [0.5, 0.6) is 5.75 Å². The first-order valence-corrected chi connectivity index (χ1v) is 6.84. The molecule has 0 unspecified atom stereocenters. The summed E-state index contributed by atoms with van der Waals surface area (Å²) in [5.41, 5.74) is 0.539. The highest BCUT2D eigenvalue weighted by molar-refractivity contribution is 5.99. The molecule has 110 valence electrons. The molecule has 0 aliphatic rings. The lowest BCUT2D eigenvalue weighted by Gasteiger charge is -2.21. The smallest absolute Gasteiger partial charge is 0.248 e. The minimum atomic E-state index is -0.222. The molecule has 1 N–H and O–H groups in total. The second-order valence-corrected chi connectivity index (χ2v) is 6.93. The maximum absolute atomic E-state index is 11.7. The number of benzene rings is 1. The number of nitrogens with one attached hydrogen (secondary N) is 1. The van der Waals surface area contributed by atoms with Gasteiger partial charge >= 0.3 is 0 Å². The van der Waals surface area contributed by atoms with Gasteiger partial charge in [-0.2, -0.15) is 0 Å². The van der Waals surface area contributed by atoms with Gasteiger partial charge in [-0.15, -0.1) is 0 Å². The summed E-state index contributed by atoms with van der Waals surface area (Å²) in [6.07, 6.45) is 3.46. The maximum Gasteiger partial charge on any atom is 0.248 e. The molecule has 0 heterocycles. The number of carbonyl (C=O) groups is 1. The van der Waals surface area contributed by atoms with E-state index in [9.17, 15) is 4.79 Å². The van der Waals surface area contributed by atoms with Gasteiger partial charge in [0, 0.05) is 5.69 Å². The van der Waals surface area contributed by atoms with Crippen LogP contribution in [0.25, 0.3) is 0 Å². The third-order valence-electron chi connectivity index (χ3n) is 2.28. The molecular weight excluding hydrogens is 250 g/mol. The predicted molar refractivity (Wildman–Crippen MR) is 84.0 cm³/mol. The summed E-state index contributed by atoms with van der Waals surface area (Å²) in [5.74, 6) is 0.671. The second-order valence-electron chi connectivity index (χ2n) is 6.93. The molecule has 20 heavy (non-hydrogen) atoms. The van der Waals surface area contributed by atoms with E-state index in [-0.39, 0.29) is 16.9 Å². The van der Waals surface area contributed by atoms with Gasteiger partial charge in [-0.1, -0.05) is 26.8 Å². The van der Waals surface area contributed by atoms with Crippen LogP contribution in [0.3, 0.4) is 0 Å². The number of hydrogen-bond acceptors (Lipinski definition) is 2. The van der Waals surface area contributed by atoms with E-state index >= 15 is 0 Å². The van der Waals surface area contributed by atoms with E-state index in [1.165, 1.54) is 0 Å². The van der Waals surface area contributed by atoms with Crippen molar-refractivity contribution in [1.29, 1.82) is 0 Å². The van der Waals surface area contributed by atoms with Crippen molar-refractivity contribution < 1.29 is 9.53 Å². The van der Waals surface area contributed by atoms with Gasteiger partial charge in [0.2, 0.25) is 5.91 Å². The minimum Gasteiger partial charge on any atom is -0.488 e. The van der Waals surface area contributed by atoms with Crippen molar-refractivity contribution in [2.45, 2.75) is 47.1 Å². The highest BCUT2D eigenvalue weighted by atomic mass is 16.5. The summed E-state index contributed by atoms with van der Waals surface area (Å²) in [7, 11) is 0. The Morgan fingerprint density at radius 1 is 1.05 bits per heavy atom. The van der Waals surface area contributed by atoms with E-state index in [1.54, 1.807) is 6.08 Å². The van der Waals surface area contributed by atoms with E-state index in [1.807, 2.05) is 51.1 Å². The molecule has 1 aromatic carbocycles. The molecule has 0 aliphatic heterocycles. The number of hydrogen-bond donors (Lipinski definition) is 1. The number of rotatable bonds is 3. The normalized spacial score (nSPS) is 12.5. The molecule has 0 spiro atoms. The van der Waals surface area contributed by atoms with Crippen molar-refractivity contribution in [3.63, 3.8) is 0 Å². The summed E-state index contributed by atoms with van der Waals surface area (Å²) < 4.78 is 5.73. The first kappa shape index (κ1) is 16.3. The van der Waals surface area contributed by atoms with Crippen LogP contribution in [-0.4, -0.2) is 11.5 Å². The zero-order valence-corrected chi connectivity index (χ0v) is 13.3. The van der Waals surface area contributed by atoms with Gasteiger partial charge in [-0.05, 0) is 56.5 Å². The number of allylic oxidation sites excluding steroid dienone is 1. The molecule has 0 bridgehead atoms.